The van der Waals surface area contributed by atoms with Gasteiger partial charge < -0.3 is 31.2 Å². The average molecular weight is 595 g/mol. The number of hydroxylamine groups is 4. The minimum atomic E-state index is -0.320. The lowest BCUT2D eigenvalue weighted by Gasteiger charge is -2.22. The van der Waals surface area contributed by atoms with Gasteiger partial charge in [-0.3, -0.25) is 9.59 Å². The van der Waals surface area contributed by atoms with Crippen molar-refractivity contribution < 1.29 is 19.7 Å². The Bertz CT molecular complexity index is 1300. The van der Waals surface area contributed by atoms with Gasteiger partial charge in [-0.05, 0) is 93.5 Å². The summed E-state index contributed by atoms with van der Waals surface area (Å²) < 4.78 is 0. The van der Waals surface area contributed by atoms with Gasteiger partial charge in [0.2, 0.25) is 0 Å². The highest BCUT2D eigenvalue weighted by Gasteiger charge is 2.14. The Labute approximate surface area is 254 Å². The van der Waals surface area contributed by atoms with Crippen molar-refractivity contribution in [2.75, 3.05) is 30.3 Å². The summed E-state index contributed by atoms with van der Waals surface area (Å²) in [5.41, 5.74) is 4.83. The summed E-state index contributed by atoms with van der Waals surface area (Å²) in [6.45, 7) is 7.91. The average Bonchev–Trinajstić information content (AvgIpc) is 2.98. The van der Waals surface area contributed by atoms with Gasteiger partial charge in [-0.1, -0.05) is 49.2 Å². The van der Waals surface area contributed by atoms with Gasteiger partial charge in [0.25, 0.3) is 11.8 Å². The number of hydrogen-bond donors (Lipinski definition) is 4. The van der Waals surface area contributed by atoms with E-state index in [1.54, 1.807) is 36.4 Å². The van der Waals surface area contributed by atoms with Gasteiger partial charge in [0.05, 0.1) is 30.3 Å². The summed E-state index contributed by atoms with van der Waals surface area (Å²) in [5.74, 6) is -0.549. The van der Waals surface area contributed by atoms with E-state index in [9.17, 15) is 20.0 Å². The Hall–Kier alpha value is -3.27. The maximum absolute atomic E-state index is 12.9. The third kappa shape index (κ3) is 10.5. The molecule has 3 rings (SSSR count). The van der Waals surface area contributed by atoms with Crippen LogP contribution in [-0.2, 0) is 13.0 Å². The Balaban J connectivity index is 1.49. The fraction of sp³-hybridized carbons (Fsp3) is 0.394. The van der Waals surface area contributed by atoms with Crippen molar-refractivity contribution in [1.29, 1.82) is 0 Å². The highest BCUT2D eigenvalue weighted by molar-refractivity contribution is 6.34. The molecule has 0 fully saturated rings. The Morgan fingerprint density at radius 3 is 1.81 bits per heavy atom. The van der Waals surface area contributed by atoms with Crippen LogP contribution < -0.4 is 20.8 Å². The first kappa shape index (κ1) is 33.2. The summed E-state index contributed by atoms with van der Waals surface area (Å²) in [4.78, 5) is 25.6. The minimum Gasteiger partial charge on any atom is -0.634 e. The fourth-order valence-corrected chi connectivity index (χ4v) is 4.89. The van der Waals surface area contributed by atoms with Crippen molar-refractivity contribution in [3.63, 3.8) is 0 Å². The normalized spacial score (nSPS) is 12.5. The molecular formula is C33H43ClN4O4. The predicted octanol–water partition coefficient (Wildman–Crippen LogP) is 4.95. The number of halogens is 1. The van der Waals surface area contributed by atoms with Gasteiger partial charge in [-0.2, -0.15) is 0 Å². The SMILES string of the molecule is CCCc1ccc(C(=O)Nc2cc(Cl)c(NC(=O)c3ccc(C[NH+]([O-])CCCCCC[NH+]([O-])CC)cc3)cc2C)cc1. The van der Waals surface area contributed by atoms with Crippen LogP contribution in [0.3, 0.4) is 0 Å². The summed E-state index contributed by atoms with van der Waals surface area (Å²) in [6, 6.07) is 17.9. The number of unbranched alkanes of at least 4 members (excludes halogenated alkanes) is 3. The molecule has 0 aromatic heterocycles. The first-order chi connectivity index (χ1) is 20.2. The molecule has 0 saturated heterocycles. The van der Waals surface area contributed by atoms with Gasteiger partial charge in [-0.25, -0.2) is 0 Å². The molecule has 0 aliphatic carbocycles. The Morgan fingerprint density at radius 2 is 1.26 bits per heavy atom. The van der Waals surface area contributed by atoms with E-state index in [1.807, 2.05) is 38.1 Å². The van der Waals surface area contributed by atoms with Crippen LogP contribution in [0, 0.1) is 17.3 Å². The number of carbonyl (C=O) groups is 2. The van der Waals surface area contributed by atoms with Gasteiger partial charge in [0.15, 0.2) is 0 Å². The zero-order chi connectivity index (χ0) is 30.5. The van der Waals surface area contributed by atoms with Gasteiger partial charge in [0.1, 0.15) is 6.54 Å². The van der Waals surface area contributed by atoms with Crippen LogP contribution in [0.4, 0.5) is 11.4 Å². The lowest BCUT2D eigenvalue weighted by atomic mass is 10.1. The van der Waals surface area contributed by atoms with Crippen molar-refractivity contribution in [3.05, 3.63) is 104 Å². The molecule has 0 spiro atoms. The summed E-state index contributed by atoms with van der Waals surface area (Å²) in [6.07, 6.45) is 5.66. The highest BCUT2D eigenvalue weighted by Crippen LogP contribution is 2.30. The van der Waals surface area contributed by atoms with Gasteiger partial charge in [0, 0.05) is 22.4 Å². The zero-order valence-corrected chi connectivity index (χ0v) is 25.6. The lowest BCUT2D eigenvalue weighted by Crippen LogP contribution is -3.06. The molecule has 0 aliphatic heterocycles. The van der Waals surface area contributed by atoms with E-state index < -0.39 is 0 Å². The molecule has 226 valence electrons. The van der Waals surface area contributed by atoms with Crippen LogP contribution in [-0.4, -0.2) is 31.4 Å². The van der Waals surface area contributed by atoms with E-state index in [0.29, 0.717) is 58.8 Å². The first-order valence-electron chi connectivity index (χ1n) is 14.8. The second kappa shape index (κ2) is 17.0. The van der Waals surface area contributed by atoms with Crippen molar-refractivity contribution >= 4 is 34.8 Å². The monoisotopic (exact) mass is 594 g/mol. The van der Waals surface area contributed by atoms with Crippen molar-refractivity contribution in [1.82, 2.24) is 0 Å². The molecule has 42 heavy (non-hydrogen) atoms. The molecule has 0 heterocycles. The van der Waals surface area contributed by atoms with Crippen LogP contribution in [0.1, 0.15) is 83.4 Å². The van der Waals surface area contributed by atoms with E-state index in [0.717, 1.165) is 49.7 Å². The summed E-state index contributed by atoms with van der Waals surface area (Å²) in [5, 5.41) is 30.2. The quantitative estimate of drug-likeness (QED) is 0.139. The number of amides is 2. The van der Waals surface area contributed by atoms with Gasteiger partial charge >= 0.3 is 0 Å². The number of aryl methyl sites for hydroxylation is 2. The number of benzene rings is 3. The van der Waals surface area contributed by atoms with Crippen molar-refractivity contribution in [3.8, 4) is 0 Å². The molecule has 2 unspecified atom stereocenters. The van der Waals surface area contributed by atoms with E-state index in [2.05, 4.69) is 17.6 Å². The molecule has 0 bridgehead atoms. The lowest BCUT2D eigenvalue weighted by molar-refractivity contribution is -0.862. The first-order valence-corrected chi connectivity index (χ1v) is 15.2. The predicted molar refractivity (Wildman–Crippen MR) is 170 cm³/mol. The third-order valence-corrected chi connectivity index (χ3v) is 7.55. The molecular weight excluding hydrogens is 552 g/mol. The smallest absolute Gasteiger partial charge is 0.255 e. The number of nitrogens with one attached hydrogen (secondary N) is 4. The second-order valence-electron chi connectivity index (χ2n) is 10.7. The molecule has 2 atom stereocenters. The highest BCUT2D eigenvalue weighted by atomic mass is 35.5. The summed E-state index contributed by atoms with van der Waals surface area (Å²) >= 11 is 6.47. The van der Waals surface area contributed by atoms with Crippen molar-refractivity contribution in [2.24, 2.45) is 0 Å². The fourth-order valence-electron chi connectivity index (χ4n) is 4.68. The number of carbonyl (C=O) groups excluding carboxylic acids is 2. The molecule has 0 radical (unpaired) electrons. The molecule has 9 heteroatoms. The van der Waals surface area contributed by atoms with Crippen molar-refractivity contribution in [2.45, 2.75) is 65.8 Å². The minimum absolute atomic E-state index is 0.166. The molecule has 0 saturated carbocycles. The van der Waals surface area contributed by atoms with E-state index in [1.165, 1.54) is 5.56 Å². The third-order valence-electron chi connectivity index (χ3n) is 7.24. The maximum atomic E-state index is 12.9. The van der Waals surface area contributed by atoms with Crippen LogP contribution in [0.25, 0.3) is 0 Å². The summed E-state index contributed by atoms with van der Waals surface area (Å²) in [7, 11) is 0. The number of rotatable bonds is 16. The molecule has 2 amide bonds. The molecule has 0 aliphatic rings. The van der Waals surface area contributed by atoms with E-state index in [-0.39, 0.29) is 16.9 Å². The Kier molecular flexibility index (Phi) is 13.4. The van der Waals surface area contributed by atoms with E-state index >= 15 is 0 Å². The number of quaternary nitrogens is 2. The number of hydrogen-bond acceptors (Lipinski definition) is 4. The van der Waals surface area contributed by atoms with Crippen LogP contribution >= 0.6 is 11.6 Å². The molecule has 4 N–H and O–H groups in total. The van der Waals surface area contributed by atoms with Crippen LogP contribution in [0.2, 0.25) is 5.02 Å². The second-order valence-corrected chi connectivity index (χ2v) is 11.1. The van der Waals surface area contributed by atoms with Crippen LogP contribution in [0.5, 0.6) is 0 Å². The van der Waals surface area contributed by atoms with E-state index in [4.69, 9.17) is 11.6 Å². The maximum Gasteiger partial charge on any atom is 0.255 e. The largest absolute Gasteiger partial charge is 0.634 e. The molecule has 3 aromatic carbocycles. The standard InChI is InChI=1S/C33H43ClN4O4/c1-4-10-25-11-15-27(16-12-25)32(39)35-30-22-29(34)31(21-24(30)3)36-33(40)28-17-13-26(14-18-28)23-38(42)20-9-7-6-8-19-37(41)5-2/h11-18,21-22,37-38H,4-10,19-20,23H2,1-3H3,(H,35,39)(H,36,40). The molecule has 8 nitrogen and oxygen atoms in total. The topological polar surface area (TPSA) is 113 Å². The number of anilines is 2. The Morgan fingerprint density at radius 1 is 0.738 bits per heavy atom. The zero-order valence-electron chi connectivity index (χ0n) is 24.9. The molecule has 3 aromatic rings. The van der Waals surface area contributed by atoms with Gasteiger partial charge in [-0.15, -0.1) is 0 Å². The van der Waals surface area contributed by atoms with Crippen LogP contribution in [0.15, 0.2) is 60.7 Å².